The van der Waals surface area contributed by atoms with Crippen LogP contribution >= 0.6 is 0 Å². The molecule has 67 heavy (non-hydrogen) atoms. The fraction of sp³-hybridized carbons (Fsp3) is 0.500. The topological polar surface area (TPSA) is 192 Å². The first-order valence-electron chi connectivity index (χ1n) is 23.9. The molecule has 3 fully saturated rings. The van der Waals surface area contributed by atoms with Crippen LogP contribution in [0.4, 0.5) is 15.3 Å². The van der Waals surface area contributed by atoms with E-state index in [1.807, 2.05) is 38.8 Å². The summed E-state index contributed by atoms with van der Waals surface area (Å²) in [7, 11) is 1.30. The van der Waals surface area contributed by atoms with Crippen molar-refractivity contribution in [2.24, 2.45) is 17.6 Å². The minimum atomic E-state index is -1.39. The maximum atomic E-state index is 13.9. The quantitative estimate of drug-likeness (QED) is 0.0944. The van der Waals surface area contributed by atoms with Gasteiger partial charge in [-0.25, -0.2) is 19.6 Å². The van der Waals surface area contributed by atoms with Crippen LogP contribution in [0.2, 0.25) is 0 Å². The molecule has 6 atom stereocenters. The summed E-state index contributed by atoms with van der Waals surface area (Å²) < 4.78 is 10.3. The zero-order valence-corrected chi connectivity index (χ0v) is 40.4. The molecule has 0 bridgehead atoms. The Hall–Kier alpha value is -6.38. The molecule has 0 saturated carbocycles. The second-order valence-corrected chi connectivity index (χ2v) is 20.4. The van der Waals surface area contributed by atoms with Crippen molar-refractivity contribution in [3.63, 3.8) is 0 Å². The minimum absolute atomic E-state index is 0.0146. The van der Waals surface area contributed by atoms with Crippen molar-refractivity contribution in [3.05, 3.63) is 101 Å². The van der Waals surface area contributed by atoms with Gasteiger partial charge >= 0.3 is 12.2 Å². The Labute approximate surface area is 393 Å². The number of nitrogens with two attached hydrogens (primary N) is 1. The zero-order valence-electron chi connectivity index (χ0n) is 40.4. The number of carbonyl (C=O) groups is 4. The Morgan fingerprint density at radius 3 is 2.01 bits per heavy atom. The molecule has 3 aromatic carbocycles. The number of methoxy groups -OCH3 is 1. The van der Waals surface area contributed by atoms with E-state index >= 15 is 0 Å². The SMILES string of the molecule is COC(=O)N[C@H](C(=O)N1CCC[C@H]1c1nc2ccc([C@@H]3CC[C@@H](c4ccc(-c5cnc([C@@H]6CCCN6C(=O)[C@@](C)(OC(N)=O)C(C)C)[nH]5)cc4)N3c3ccc(C(C)(C)C)cc3)cc2[nH]1)C(C)C. The van der Waals surface area contributed by atoms with Gasteiger partial charge in [0.25, 0.3) is 5.91 Å². The fourth-order valence-corrected chi connectivity index (χ4v) is 10.3. The average molecular weight is 914 g/mol. The van der Waals surface area contributed by atoms with Crippen LogP contribution in [-0.4, -0.2) is 85.6 Å². The van der Waals surface area contributed by atoms with Crippen molar-refractivity contribution in [1.82, 2.24) is 35.1 Å². The van der Waals surface area contributed by atoms with Gasteiger partial charge in [0.1, 0.15) is 17.7 Å². The van der Waals surface area contributed by atoms with Crippen molar-refractivity contribution in [2.75, 3.05) is 25.1 Å². The van der Waals surface area contributed by atoms with Crippen LogP contribution < -0.4 is 16.0 Å². The highest BCUT2D eigenvalue weighted by molar-refractivity contribution is 5.88. The summed E-state index contributed by atoms with van der Waals surface area (Å²) in [6, 6.07) is 23.2. The number of ether oxygens (including phenoxy) is 2. The smallest absolute Gasteiger partial charge is 0.407 e. The predicted octanol–water partition coefficient (Wildman–Crippen LogP) is 9.55. The summed E-state index contributed by atoms with van der Waals surface area (Å²) in [5, 5.41) is 2.74. The summed E-state index contributed by atoms with van der Waals surface area (Å²) in [6.07, 6.45) is 5.28. The van der Waals surface area contributed by atoms with Gasteiger partial charge < -0.3 is 45.2 Å². The van der Waals surface area contributed by atoms with Gasteiger partial charge in [-0.15, -0.1) is 0 Å². The molecule has 3 aliphatic heterocycles. The lowest BCUT2D eigenvalue weighted by Gasteiger charge is -2.36. The number of alkyl carbamates (subject to hydrolysis) is 1. The van der Waals surface area contributed by atoms with Crippen LogP contribution in [0.3, 0.4) is 0 Å². The molecule has 4 amide bonds. The Morgan fingerprint density at radius 2 is 1.40 bits per heavy atom. The third kappa shape index (κ3) is 9.33. The van der Waals surface area contributed by atoms with Crippen LogP contribution in [0.5, 0.6) is 0 Å². The van der Waals surface area contributed by atoms with E-state index in [2.05, 4.69) is 108 Å². The summed E-state index contributed by atoms with van der Waals surface area (Å²) >= 11 is 0. The number of carbonyl (C=O) groups excluding carboxylic acids is 4. The van der Waals surface area contributed by atoms with Crippen molar-refractivity contribution < 1.29 is 28.7 Å². The van der Waals surface area contributed by atoms with Crippen LogP contribution in [0.25, 0.3) is 22.3 Å². The molecular formula is C52H67N9O6. The molecule has 5 N–H and O–H groups in total. The molecule has 2 aromatic heterocycles. The molecule has 15 heteroatoms. The number of aromatic amines is 2. The van der Waals surface area contributed by atoms with Crippen LogP contribution in [0, 0.1) is 11.8 Å². The third-order valence-electron chi connectivity index (χ3n) is 14.4. The van der Waals surface area contributed by atoms with Crippen molar-refractivity contribution in [3.8, 4) is 11.3 Å². The number of amides is 4. The zero-order chi connectivity index (χ0) is 47.9. The first-order valence-corrected chi connectivity index (χ1v) is 23.9. The van der Waals surface area contributed by atoms with E-state index in [9.17, 15) is 19.2 Å². The molecular weight excluding hydrogens is 847 g/mol. The molecule has 3 saturated heterocycles. The van der Waals surface area contributed by atoms with Crippen molar-refractivity contribution in [1.29, 1.82) is 0 Å². The Balaban J connectivity index is 1.05. The molecule has 0 radical (unpaired) electrons. The van der Waals surface area contributed by atoms with Gasteiger partial charge in [0.05, 0.1) is 54.2 Å². The lowest BCUT2D eigenvalue weighted by molar-refractivity contribution is -0.155. The van der Waals surface area contributed by atoms with E-state index in [0.717, 1.165) is 72.3 Å². The number of H-pyrrole nitrogens is 2. The number of fused-ring (bicyclic) bond motifs is 1. The van der Waals surface area contributed by atoms with Gasteiger partial charge in [0, 0.05) is 24.7 Å². The van der Waals surface area contributed by atoms with Gasteiger partial charge in [-0.05, 0) is 103 Å². The first kappa shape index (κ1) is 47.1. The molecule has 0 unspecified atom stereocenters. The van der Waals surface area contributed by atoms with Crippen molar-refractivity contribution in [2.45, 2.75) is 135 Å². The number of primary amides is 1. The third-order valence-corrected chi connectivity index (χ3v) is 14.4. The van der Waals surface area contributed by atoms with Crippen LogP contribution in [-0.2, 0) is 24.5 Å². The highest BCUT2D eigenvalue weighted by Crippen LogP contribution is 2.48. The number of rotatable bonds is 12. The number of likely N-dealkylation sites (tertiary alicyclic amines) is 2. The van der Waals surface area contributed by atoms with Gasteiger partial charge in [-0.2, -0.15) is 0 Å². The van der Waals surface area contributed by atoms with Crippen LogP contribution in [0.15, 0.2) is 72.9 Å². The maximum absolute atomic E-state index is 13.9. The second kappa shape index (κ2) is 18.7. The molecule has 5 heterocycles. The van der Waals surface area contributed by atoms with Gasteiger partial charge in [-0.1, -0.05) is 90.9 Å². The summed E-state index contributed by atoms with van der Waals surface area (Å²) in [4.78, 5) is 74.8. The van der Waals surface area contributed by atoms with E-state index < -0.39 is 23.8 Å². The number of imidazole rings is 2. The van der Waals surface area contributed by atoms with E-state index in [-0.39, 0.29) is 53.2 Å². The van der Waals surface area contributed by atoms with E-state index in [0.29, 0.717) is 18.9 Å². The number of nitrogens with one attached hydrogen (secondary N) is 3. The monoisotopic (exact) mass is 914 g/mol. The van der Waals surface area contributed by atoms with Gasteiger partial charge in [0.15, 0.2) is 5.60 Å². The second-order valence-electron chi connectivity index (χ2n) is 20.4. The number of benzene rings is 3. The largest absolute Gasteiger partial charge is 0.453 e. The maximum Gasteiger partial charge on any atom is 0.407 e. The Morgan fingerprint density at radius 1 is 0.776 bits per heavy atom. The Bertz CT molecular complexity index is 2600. The fourth-order valence-electron chi connectivity index (χ4n) is 10.3. The lowest BCUT2D eigenvalue weighted by atomic mass is 9.87. The number of nitrogens with zero attached hydrogens (tertiary/aromatic N) is 5. The molecule has 15 nitrogen and oxygen atoms in total. The number of hydrogen-bond acceptors (Lipinski definition) is 9. The molecule has 3 aliphatic rings. The number of hydrogen-bond donors (Lipinski definition) is 4. The van der Waals surface area contributed by atoms with E-state index in [1.54, 1.807) is 11.8 Å². The molecule has 5 aromatic rings. The molecule has 356 valence electrons. The predicted molar refractivity (Wildman–Crippen MR) is 258 cm³/mol. The highest BCUT2D eigenvalue weighted by atomic mass is 16.6. The van der Waals surface area contributed by atoms with Crippen LogP contribution in [0.1, 0.15) is 146 Å². The first-order chi connectivity index (χ1) is 31.9. The minimum Gasteiger partial charge on any atom is -0.453 e. The molecule has 0 spiro atoms. The Kier molecular flexibility index (Phi) is 13.2. The lowest BCUT2D eigenvalue weighted by Crippen LogP contribution is -2.53. The summed E-state index contributed by atoms with van der Waals surface area (Å²) in [5.41, 5.74) is 12.5. The standard InChI is InChI=1S/C52H67N9O6/c1-30(2)44(58-50(65)66-9)47(62)59-26-10-13-43(59)46-55-37-23-18-34(28-38(37)56-46)41-25-24-40(61(41)36-21-19-35(20-22-36)51(5,6)7)33-16-14-32(15-17-33)39-29-54-45(57-39)42-12-11-27-60(42)48(63)52(8,31(3)4)67-49(53)64/h14-23,28-31,40-44H,10-13,24-27H2,1-9H3,(H2,53,64)(H,54,57)(H,55,56)(H,58,65)/t40-,41-,42-,43-,44-,52-/m0/s1. The van der Waals surface area contributed by atoms with E-state index in [1.165, 1.54) is 23.8 Å². The van der Waals surface area contributed by atoms with Crippen molar-refractivity contribution >= 4 is 40.7 Å². The average Bonchev–Trinajstić information content (AvgIpc) is 4.16. The summed E-state index contributed by atoms with van der Waals surface area (Å²) in [5.74, 6) is 0.639. The highest BCUT2D eigenvalue weighted by Gasteiger charge is 2.47. The molecule has 8 rings (SSSR count). The molecule has 0 aliphatic carbocycles. The van der Waals surface area contributed by atoms with Gasteiger partial charge in [-0.3, -0.25) is 9.59 Å². The van der Waals surface area contributed by atoms with Gasteiger partial charge in [0.2, 0.25) is 5.91 Å². The number of aromatic nitrogens is 4. The number of anilines is 1. The van der Waals surface area contributed by atoms with E-state index in [4.69, 9.17) is 25.2 Å². The normalized spacial score (nSPS) is 21.3. The summed E-state index contributed by atoms with van der Waals surface area (Å²) in [6.45, 7) is 17.0.